The molecule has 0 spiro atoms. The lowest BCUT2D eigenvalue weighted by atomic mass is 9.75. The number of ether oxygens (including phenoxy) is 1. The van der Waals surface area contributed by atoms with Gasteiger partial charge >= 0.3 is 0 Å². The third-order valence-electron chi connectivity index (χ3n) is 6.58. The maximum atomic E-state index is 14.2. The number of imide groups is 1. The number of carbonyl (C=O) groups excluding carboxylic acids is 3. The van der Waals surface area contributed by atoms with Crippen LogP contribution in [0.1, 0.15) is 36.8 Å². The number of piperidine rings is 1. The van der Waals surface area contributed by atoms with Crippen LogP contribution in [0.25, 0.3) is 0 Å². The van der Waals surface area contributed by atoms with E-state index in [4.69, 9.17) is 4.74 Å². The summed E-state index contributed by atoms with van der Waals surface area (Å²) in [5.74, 6) is -1.33. The van der Waals surface area contributed by atoms with Crippen molar-refractivity contribution in [2.24, 2.45) is 5.92 Å². The fourth-order valence-corrected chi connectivity index (χ4v) is 4.92. The lowest BCUT2D eigenvalue weighted by Gasteiger charge is -2.35. The van der Waals surface area contributed by atoms with Gasteiger partial charge in [-0.15, -0.1) is 0 Å². The van der Waals surface area contributed by atoms with E-state index >= 15 is 0 Å². The predicted molar refractivity (Wildman–Crippen MR) is 118 cm³/mol. The van der Waals surface area contributed by atoms with Crippen LogP contribution in [0, 0.1) is 11.7 Å². The molecular weight excluding hydrogens is 425 g/mol. The molecule has 3 heterocycles. The van der Waals surface area contributed by atoms with Gasteiger partial charge in [-0.25, -0.2) is 4.39 Å². The van der Waals surface area contributed by atoms with Gasteiger partial charge in [-0.1, -0.05) is 18.2 Å². The molecule has 0 N–H and O–H groups in total. The molecule has 2 atom stereocenters. The summed E-state index contributed by atoms with van der Waals surface area (Å²) in [7, 11) is 1.64. The summed E-state index contributed by atoms with van der Waals surface area (Å²) in [6, 6.07) is 9.19. The van der Waals surface area contributed by atoms with Crippen molar-refractivity contribution in [2.45, 2.75) is 37.6 Å². The van der Waals surface area contributed by atoms with E-state index in [0.717, 1.165) is 12.8 Å². The number of hydrogen-bond acceptors (Lipinski definition) is 5. The second-order valence-electron chi connectivity index (χ2n) is 8.90. The molecule has 7 nitrogen and oxygen atoms in total. The number of benzene rings is 1. The van der Waals surface area contributed by atoms with Crippen molar-refractivity contribution in [1.82, 2.24) is 14.8 Å². The van der Waals surface area contributed by atoms with Crippen LogP contribution in [0.15, 0.2) is 48.8 Å². The summed E-state index contributed by atoms with van der Waals surface area (Å²) in [6.07, 6.45) is 4.69. The van der Waals surface area contributed by atoms with Gasteiger partial charge in [0, 0.05) is 45.4 Å². The molecule has 4 rings (SSSR count). The number of halogens is 1. The second kappa shape index (κ2) is 9.79. The minimum Gasteiger partial charge on any atom is -0.384 e. The molecule has 2 aliphatic rings. The average molecular weight is 454 g/mol. The molecule has 33 heavy (non-hydrogen) atoms. The van der Waals surface area contributed by atoms with Crippen molar-refractivity contribution in [3.63, 3.8) is 0 Å². The fourth-order valence-electron chi connectivity index (χ4n) is 4.92. The summed E-state index contributed by atoms with van der Waals surface area (Å²) in [6.45, 7) is 1.78. The summed E-state index contributed by atoms with van der Waals surface area (Å²) < 4.78 is 19.4. The highest BCUT2D eigenvalue weighted by Crippen LogP contribution is 2.41. The monoisotopic (exact) mass is 453 g/mol. The van der Waals surface area contributed by atoms with Crippen LogP contribution < -0.4 is 0 Å². The van der Waals surface area contributed by atoms with Crippen LogP contribution >= 0.6 is 0 Å². The van der Waals surface area contributed by atoms with Gasteiger partial charge in [-0.3, -0.25) is 24.3 Å². The molecular formula is C25H28FN3O4. The Kier molecular flexibility index (Phi) is 6.83. The van der Waals surface area contributed by atoms with E-state index in [2.05, 4.69) is 4.98 Å². The Morgan fingerprint density at radius 1 is 1.27 bits per heavy atom. The van der Waals surface area contributed by atoms with Crippen molar-refractivity contribution in [1.29, 1.82) is 0 Å². The lowest BCUT2D eigenvalue weighted by Crippen LogP contribution is -2.46. The molecule has 2 aliphatic heterocycles. The largest absolute Gasteiger partial charge is 0.384 e. The molecule has 3 amide bonds. The van der Waals surface area contributed by atoms with Crippen molar-refractivity contribution < 1.29 is 23.5 Å². The van der Waals surface area contributed by atoms with Crippen LogP contribution in [0.5, 0.6) is 0 Å². The highest BCUT2D eigenvalue weighted by molar-refractivity contribution is 6.10. The van der Waals surface area contributed by atoms with E-state index in [9.17, 15) is 18.8 Å². The standard InChI is InChI=1S/C25H28FN3O4/c1-33-17-19-6-4-10-28(15-19)22(30)12-25(20-7-2-8-21(26)11-20)13-23(31)29(24(25)32)16-18-5-3-9-27-14-18/h2-3,5,7-9,11,14,19H,4,6,10,12-13,15-17H2,1H3/t19-,25+/m0/s1. The minimum absolute atomic E-state index is 0.0659. The van der Waals surface area contributed by atoms with Crippen molar-refractivity contribution in [2.75, 3.05) is 26.8 Å². The molecule has 2 fully saturated rings. The molecule has 2 saturated heterocycles. The third kappa shape index (κ3) is 4.80. The van der Waals surface area contributed by atoms with E-state index in [0.29, 0.717) is 30.8 Å². The number of hydrogen-bond donors (Lipinski definition) is 0. The quantitative estimate of drug-likeness (QED) is 0.603. The highest BCUT2D eigenvalue weighted by atomic mass is 19.1. The third-order valence-corrected chi connectivity index (χ3v) is 6.58. The minimum atomic E-state index is -1.42. The van der Waals surface area contributed by atoms with Crippen LogP contribution in [-0.2, 0) is 31.1 Å². The first-order chi connectivity index (χ1) is 15.9. The molecule has 0 aliphatic carbocycles. The Morgan fingerprint density at radius 2 is 2.12 bits per heavy atom. The first-order valence-corrected chi connectivity index (χ1v) is 11.2. The Morgan fingerprint density at radius 3 is 2.85 bits per heavy atom. The first kappa shape index (κ1) is 23.0. The predicted octanol–water partition coefficient (Wildman–Crippen LogP) is 2.69. The second-order valence-corrected chi connectivity index (χ2v) is 8.90. The zero-order chi connectivity index (χ0) is 23.4. The van der Waals surface area contributed by atoms with Gasteiger partial charge in [0.2, 0.25) is 17.7 Å². The number of amides is 3. The molecule has 0 bridgehead atoms. The van der Waals surface area contributed by atoms with Gasteiger partial charge in [0.05, 0.1) is 18.6 Å². The Balaban J connectivity index is 1.63. The average Bonchev–Trinajstić information content (AvgIpc) is 3.05. The number of nitrogens with zero attached hydrogens (tertiary/aromatic N) is 3. The maximum absolute atomic E-state index is 14.2. The van der Waals surface area contributed by atoms with E-state index in [1.807, 2.05) is 0 Å². The molecule has 0 radical (unpaired) electrons. The molecule has 0 unspecified atom stereocenters. The number of methoxy groups -OCH3 is 1. The van der Waals surface area contributed by atoms with Crippen LogP contribution in [0.2, 0.25) is 0 Å². The smallest absolute Gasteiger partial charge is 0.241 e. The van der Waals surface area contributed by atoms with Crippen LogP contribution in [0.4, 0.5) is 4.39 Å². The van der Waals surface area contributed by atoms with Crippen molar-refractivity contribution in [3.05, 3.63) is 65.7 Å². The van der Waals surface area contributed by atoms with E-state index in [-0.39, 0.29) is 37.1 Å². The number of likely N-dealkylation sites (tertiary alicyclic amines) is 2. The van der Waals surface area contributed by atoms with Crippen molar-refractivity contribution in [3.8, 4) is 0 Å². The molecule has 8 heteroatoms. The van der Waals surface area contributed by atoms with Crippen LogP contribution in [0.3, 0.4) is 0 Å². The molecule has 1 aromatic carbocycles. The van der Waals surface area contributed by atoms with E-state index in [1.54, 1.807) is 42.6 Å². The topological polar surface area (TPSA) is 79.8 Å². The molecule has 1 aromatic heterocycles. The van der Waals surface area contributed by atoms with Gasteiger partial charge in [0.25, 0.3) is 0 Å². The maximum Gasteiger partial charge on any atom is 0.241 e. The van der Waals surface area contributed by atoms with Gasteiger partial charge in [-0.05, 0) is 48.1 Å². The van der Waals surface area contributed by atoms with Gasteiger partial charge in [0.1, 0.15) is 5.82 Å². The fraction of sp³-hybridized carbons (Fsp3) is 0.440. The van der Waals surface area contributed by atoms with E-state index in [1.165, 1.54) is 23.1 Å². The van der Waals surface area contributed by atoms with Gasteiger partial charge < -0.3 is 9.64 Å². The number of pyridine rings is 1. The summed E-state index contributed by atoms with van der Waals surface area (Å²) >= 11 is 0. The molecule has 0 saturated carbocycles. The lowest BCUT2D eigenvalue weighted by molar-refractivity contribution is -0.143. The van der Waals surface area contributed by atoms with Crippen molar-refractivity contribution >= 4 is 17.7 Å². The summed E-state index contributed by atoms with van der Waals surface area (Å²) in [4.78, 5) is 47.1. The summed E-state index contributed by atoms with van der Waals surface area (Å²) in [5, 5.41) is 0. The molecule has 2 aromatic rings. The van der Waals surface area contributed by atoms with E-state index < -0.39 is 17.1 Å². The first-order valence-electron chi connectivity index (χ1n) is 11.2. The number of rotatable bonds is 7. The Hall–Kier alpha value is -3.13. The number of carbonyl (C=O) groups is 3. The van der Waals surface area contributed by atoms with Gasteiger partial charge in [0.15, 0.2) is 0 Å². The highest BCUT2D eigenvalue weighted by Gasteiger charge is 2.54. The van der Waals surface area contributed by atoms with Crippen LogP contribution in [-0.4, -0.2) is 59.3 Å². The van der Waals surface area contributed by atoms with Gasteiger partial charge in [-0.2, -0.15) is 0 Å². The number of aromatic nitrogens is 1. The normalized spacial score (nSPS) is 23.3. The summed E-state index contributed by atoms with van der Waals surface area (Å²) in [5.41, 5.74) is -0.362. The zero-order valence-corrected chi connectivity index (χ0v) is 18.7. The SMILES string of the molecule is COC[C@H]1CCCN(C(=O)C[C@]2(c3cccc(F)c3)CC(=O)N(Cc3cccnc3)C2=O)C1. The zero-order valence-electron chi connectivity index (χ0n) is 18.7. The Bertz CT molecular complexity index is 1030. The Labute approximate surface area is 192 Å². The molecule has 174 valence electrons.